The van der Waals surface area contributed by atoms with E-state index >= 15 is 0 Å². The molecule has 0 aliphatic rings. The largest absolute Gasteiger partial charge is 0.488 e. The SMILES string of the molecule is Cc1cccc(/C=N\NC(=O)c2cc(Br)ccc2OCc2ccccc2)n1. The number of amides is 1. The molecule has 0 aliphatic heterocycles. The van der Waals surface area contributed by atoms with Gasteiger partial charge in [-0.3, -0.25) is 9.78 Å². The van der Waals surface area contributed by atoms with Crippen molar-refractivity contribution in [3.05, 3.63) is 93.7 Å². The van der Waals surface area contributed by atoms with Crippen LogP contribution in [0.4, 0.5) is 0 Å². The smallest absolute Gasteiger partial charge is 0.275 e. The number of aryl methyl sites for hydroxylation is 1. The third-order valence-corrected chi connectivity index (χ3v) is 4.19. The van der Waals surface area contributed by atoms with Gasteiger partial charge in [0.1, 0.15) is 12.4 Å². The van der Waals surface area contributed by atoms with Gasteiger partial charge < -0.3 is 4.74 Å². The molecule has 1 aromatic heterocycles. The molecular formula is C21H18BrN3O2. The summed E-state index contributed by atoms with van der Waals surface area (Å²) in [5.74, 6) is 0.131. The van der Waals surface area contributed by atoms with Crippen LogP contribution in [0, 0.1) is 6.92 Å². The van der Waals surface area contributed by atoms with Crippen LogP contribution in [0.2, 0.25) is 0 Å². The second kappa shape index (κ2) is 9.09. The number of aromatic nitrogens is 1. The quantitative estimate of drug-likeness (QED) is 0.468. The fourth-order valence-electron chi connectivity index (χ4n) is 2.39. The highest BCUT2D eigenvalue weighted by atomic mass is 79.9. The highest BCUT2D eigenvalue weighted by Gasteiger charge is 2.13. The Morgan fingerprint density at radius 1 is 1.15 bits per heavy atom. The Morgan fingerprint density at radius 2 is 1.96 bits per heavy atom. The number of hydrazone groups is 1. The summed E-state index contributed by atoms with van der Waals surface area (Å²) in [5.41, 5.74) is 5.50. The van der Waals surface area contributed by atoms with E-state index in [2.05, 4.69) is 31.4 Å². The number of ether oxygens (including phenoxy) is 1. The molecule has 0 fully saturated rings. The van der Waals surface area contributed by atoms with Crippen LogP contribution in [0.1, 0.15) is 27.3 Å². The fourth-order valence-corrected chi connectivity index (χ4v) is 2.76. The summed E-state index contributed by atoms with van der Waals surface area (Å²) in [6.07, 6.45) is 1.51. The molecule has 0 bridgehead atoms. The van der Waals surface area contributed by atoms with Crippen molar-refractivity contribution < 1.29 is 9.53 Å². The molecule has 3 aromatic rings. The first-order chi connectivity index (χ1) is 13.1. The molecule has 1 N–H and O–H groups in total. The van der Waals surface area contributed by atoms with Crippen molar-refractivity contribution in [1.29, 1.82) is 0 Å². The zero-order valence-electron chi connectivity index (χ0n) is 14.7. The topological polar surface area (TPSA) is 63.6 Å². The number of carbonyl (C=O) groups is 1. The third kappa shape index (κ3) is 5.49. The molecule has 27 heavy (non-hydrogen) atoms. The first kappa shape index (κ1) is 18.8. The van der Waals surface area contributed by atoms with Gasteiger partial charge in [0.2, 0.25) is 0 Å². The Labute approximate surface area is 166 Å². The van der Waals surface area contributed by atoms with Gasteiger partial charge in [0.05, 0.1) is 17.5 Å². The number of hydrogen-bond acceptors (Lipinski definition) is 4. The highest BCUT2D eigenvalue weighted by Crippen LogP contribution is 2.24. The number of benzene rings is 2. The maximum Gasteiger partial charge on any atom is 0.275 e. The maximum atomic E-state index is 12.5. The normalized spacial score (nSPS) is 10.7. The minimum atomic E-state index is -0.358. The van der Waals surface area contributed by atoms with E-state index in [0.717, 1.165) is 15.7 Å². The van der Waals surface area contributed by atoms with Crippen molar-refractivity contribution in [3.63, 3.8) is 0 Å². The van der Waals surface area contributed by atoms with Crippen LogP contribution in [0.25, 0.3) is 0 Å². The van der Waals surface area contributed by atoms with Gasteiger partial charge in [-0.15, -0.1) is 0 Å². The number of carbonyl (C=O) groups excluding carboxylic acids is 1. The van der Waals surface area contributed by atoms with Gasteiger partial charge in [-0.2, -0.15) is 5.10 Å². The van der Waals surface area contributed by atoms with Crippen LogP contribution in [0.3, 0.4) is 0 Å². The van der Waals surface area contributed by atoms with Crippen LogP contribution in [0.15, 0.2) is 76.3 Å². The van der Waals surface area contributed by atoms with Gasteiger partial charge in [-0.25, -0.2) is 5.43 Å². The van der Waals surface area contributed by atoms with Gasteiger partial charge in [-0.05, 0) is 42.8 Å². The molecule has 0 radical (unpaired) electrons. The second-order valence-corrected chi connectivity index (χ2v) is 6.73. The summed E-state index contributed by atoms with van der Waals surface area (Å²) in [6.45, 7) is 2.27. The summed E-state index contributed by atoms with van der Waals surface area (Å²) in [7, 11) is 0. The van der Waals surface area contributed by atoms with Crippen molar-refractivity contribution >= 4 is 28.1 Å². The van der Waals surface area contributed by atoms with Crippen LogP contribution < -0.4 is 10.2 Å². The number of pyridine rings is 1. The number of nitrogens with one attached hydrogen (secondary N) is 1. The number of hydrogen-bond donors (Lipinski definition) is 1. The molecule has 0 spiro atoms. The molecule has 2 aromatic carbocycles. The minimum Gasteiger partial charge on any atom is -0.488 e. The van der Waals surface area contributed by atoms with E-state index in [1.54, 1.807) is 12.1 Å². The lowest BCUT2D eigenvalue weighted by molar-refractivity contribution is 0.0950. The number of halogens is 1. The number of nitrogens with zero attached hydrogens (tertiary/aromatic N) is 2. The van der Waals surface area contributed by atoms with E-state index in [1.165, 1.54) is 6.21 Å². The molecule has 0 saturated heterocycles. The second-order valence-electron chi connectivity index (χ2n) is 5.82. The van der Waals surface area contributed by atoms with Crippen LogP contribution in [-0.4, -0.2) is 17.1 Å². The average molecular weight is 424 g/mol. The Bertz CT molecular complexity index is 959. The molecule has 0 aliphatic carbocycles. The van der Waals surface area contributed by atoms with E-state index in [-0.39, 0.29) is 5.91 Å². The third-order valence-electron chi connectivity index (χ3n) is 3.70. The molecule has 0 saturated carbocycles. The summed E-state index contributed by atoms with van der Waals surface area (Å²) >= 11 is 3.39. The lowest BCUT2D eigenvalue weighted by Crippen LogP contribution is -2.19. The fraction of sp³-hybridized carbons (Fsp3) is 0.0952. The highest BCUT2D eigenvalue weighted by molar-refractivity contribution is 9.10. The van der Waals surface area contributed by atoms with Crippen LogP contribution in [0.5, 0.6) is 5.75 Å². The van der Waals surface area contributed by atoms with E-state index in [0.29, 0.717) is 23.6 Å². The molecule has 136 valence electrons. The molecule has 5 nitrogen and oxygen atoms in total. The molecule has 0 atom stereocenters. The van der Waals surface area contributed by atoms with E-state index in [9.17, 15) is 4.79 Å². The number of rotatable bonds is 6. The molecule has 6 heteroatoms. The van der Waals surface area contributed by atoms with Crippen LogP contribution >= 0.6 is 15.9 Å². The Hall–Kier alpha value is -2.99. The lowest BCUT2D eigenvalue weighted by atomic mass is 10.2. The summed E-state index contributed by atoms with van der Waals surface area (Å²) in [6, 6.07) is 20.7. The van der Waals surface area contributed by atoms with Crippen molar-refractivity contribution in [1.82, 2.24) is 10.4 Å². The first-order valence-electron chi connectivity index (χ1n) is 8.35. The summed E-state index contributed by atoms with van der Waals surface area (Å²) < 4.78 is 6.62. The van der Waals surface area contributed by atoms with Gasteiger partial charge in [0.15, 0.2) is 0 Å². The van der Waals surface area contributed by atoms with E-state index in [4.69, 9.17) is 4.74 Å². The van der Waals surface area contributed by atoms with Gasteiger partial charge in [0, 0.05) is 10.2 Å². The zero-order chi connectivity index (χ0) is 19.1. The standard InChI is InChI=1S/C21H18BrN3O2/c1-15-6-5-9-18(24-15)13-23-25-21(26)19-12-17(22)10-11-20(19)27-14-16-7-3-2-4-8-16/h2-13H,14H2,1H3,(H,25,26)/b23-13-. The predicted molar refractivity (Wildman–Crippen MR) is 109 cm³/mol. The molecule has 3 rings (SSSR count). The lowest BCUT2D eigenvalue weighted by Gasteiger charge is -2.11. The average Bonchev–Trinajstić information content (AvgIpc) is 2.68. The Kier molecular flexibility index (Phi) is 6.33. The Morgan fingerprint density at radius 3 is 2.74 bits per heavy atom. The summed E-state index contributed by atoms with van der Waals surface area (Å²) in [5, 5.41) is 3.99. The maximum absolute atomic E-state index is 12.5. The predicted octanol–water partition coefficient (Wildman–Crippen LogP) is 4.50. The van der Waals surface area contributed by atoms with E-state index in [1.807, 2.05) is 61.5 Å². The van der Waals surface area contributed by atoms with Crippen LogP contribution in [-0.2, 0) is 6.61 Å². The molecule has 1 heterocycles. The van der Waals surface area contributed by atoms with Crippen molar-refractivity contribution in [3.8, 4) is 5.75 Å². The van der Waals surface area contributed by atoms with Gasteiger partial charge in [-0.1, -0.05) is 52.3 Å². The van der Waals surface area contributed by atoms with Gasteiger partial charge in [0.25, 0.3) is 5.91 Å². The molecular weight excluding hydrogens is 406 g/mol. The van der Waals surface area contributed by atoms with Crippen molar-refractivity contribution in [2.45, 2.75) is 13.5 Å². The monoisotopic (exact) mass is 423 g/mol. The van der Waals surface area contributed by atoms with Crippen molar-refractivity contribution in [2.24, 2.45) is 5.10 Å². The van der Waals surface area contributed by atoms with E-state index < -0.39 is 0 Å². The first-order valence-corrected chi connectivity index (χ1v) is 9.14. The zero-order valence-corrected chi connectivity index (χ0v) is 16.3. The summed E-state index contributed by atoms with van der Waals surface area (Å²) in [4.78, 5) is 16.8. The van der Waals surface area contributed by atoms with Crippen molar-refractivity contribution in [2.75, 3.05) is 0 Å². The molecule has 0 unspecified atom stereocenters. The Balaban J connectivity index is 1.70. The molecule has 1 amide bonds. The van der Waals surface area contributed by atoms with Gasteiger partial charge >= 0.3 is 0 Å². The minimum absolute atomic E-state index is 0.358.